The second kappa shape index (κ2) is 4.98. The fraction of sp³-hybridized carbons (Fsp3) is 0.545. The van der Waals surface area contributed by atoms with E-state index in [1.54, 1.807) is 0 Å². The molecule has 0 radical (unpaired) electrons. The topological polar surface area (TPSA) is 110 Å². The average Bonchev–Trinajstić information content (AvgIpc) is 2.66. The van der Waals surface area contributed by atoms with Crippen LogP contribution in [0.2, 0.25) is 0 Å². The van der Waals surface area contributed by atoms with E-state index in [9.17, 15) is 10.1 Å². The molecule has 1 aromatic rings. The quantitative estimate of drug-likeness (QED) is 0.643. The van der Waals surface area contributed by atoms with Gasteiger partial charge in [-0.3, -0.25) is 10.1 Å². The summed E-state index contributed by atoms with van der Waals surface area (Å²) in [5.41, 5.74) is 5.30. The summed E-state index contributed by atoms with van der Waals surface area (Å²) in [5.74, 6) is -0.396. The first kappa shape index (κ1) is 13.5. The maximum absolute atomic E-state index is 10.6. The van der Waals surface area contributed by atoms with Gasteiger partial charge in [-0.05, 0) is 13.8 Å². The molecule has 1 fully saturated rings. The van der Waals surface area contributed by atoms with Gasteiger partial charge in [0.25, 0.3) is 0 Å². The monoisotopic (exact) mass is 269 g/mol. The van der Waals surface area contributed by atoms with E-state index in [4.69, 9.17) is 19.9 Å². The van der Waals surface area contributed by atoms with Gasteiger partial charge in [0, 0.05) is 6.07 Å². The third-order valence-corrected chi connectivity index (χ3v) is 2.57. The molecule has 19 heavy (non-hydrogen) atoms. The van der Waals surface area contributed by atoms with E-state index in [2.05, 4.69) is 4.98 Å². The molecule has 0 amide bonds. The highest BCUT2D eigenvalue weighted by atomic mass is 16.7. The lowest BCUT2D eigenvalue weighted by Crippen LogP contribution is -2.25. The van der Waals surface area contributed by atoms with Crippen LogP contribution in [0.25, 0.3) is 0 Å². The van der Waals surface area contributed by atoms with Gasteiger partial charge in [0.15, 0.2) is 5.79 Å². The molecule has 1 aromatic heterocycles. The van der Waals surface area contributed by atoms with Crippen LogP contribution in [0.1, 0.15) is 13.8 Å². The van der Waals surface area contributed by atoms with Crippen LogP contribution in [-0.4, -0.2) is 35.0 Å². The second-order valence-corrected chi connectivity index (χ2v) is 4.60. The normalized spacial score (nSPS) is 21.3. The Morgan fingerprint density at radius 1 is 1.68 bits per heavy atom. The van der Waals surface area contributed by atoms with Crippen LogP contribution in [0.3, 0.4) is 0 Å². The van der Waals surface area contributed by atoms with Crippen molar-refractivity contribution in [2.75, 3.05) is 18.9 Å². The van der Waals surface area contributed by atoms with Crippen molar-refractivity contribution in [3.8, 4) is 5.88 Å². The van der Waals surface area contributed by atoms with Gasteiger partial charge in [0.05, 0.1) is 11.5 Å². The highest BCUT2D eigenvalue weighted by Crippen LogP contribution is 2.25. The molecule has 2 N–H and O–H groups in total. The summed E-state index contributed by atoms with van der Waals surface area (Å²) >= 11 is 0. The van der Waals surface area contributed by atoms with Gasteiger partial charge < -0.3 is 19.9 Å². The first-order chi connectivity index (χ1) is 8.87. The molecule has 0 unspecified atom stereocenters. The largest absolute Gasteiger partial charge is 0.475 e. The van der Waals surface area contributed by atoms with Crippen LogP contribution in [0, 0.1) is 10.1 Å². The zero-order valence-electron chi connectivity index (χ0n) is 10.7. The number of nitrogens with zero attached hydrogens (tertiary/aromatic N) is 2. The zero-order valence-corrected chi connectivity index (χ0v) is 10.7. The lowest BCUT2D eigenvalue weighted by Gasteiger charge is -2.17. The van der Waals surface area contributed by atoms with Crippen molar-refractivity contribution in [1.82, 2.24) is 4.98 Å². The Kier molecular flexibility index (Phi) is 3.54. The van der Waals surface area contributed by atoms with E-state index in [-0.39, 0.29) is 30.0 Å². The summed E-state index contributed by atoms with van der Waals surface area (Å²) in [6.07, 6.45) is 0.869. The Hall–Kier alpha value is -1.93. The predicted octanol–water partition coefficient (Wildman–Crippen LogP) is 1.10. The van der Waals surface area contributed by atoms with Crippen molar-refractivity contribution in [3.05, 3.63) is 22.4 Å². The molecule has 0 aliphatic carbocycles. The summed E-state index contributed by atoms with van der Waals surface area (Å²) in [6.45, 7) is 4.30. The SMILES string of the molecule is CC1(C)OC[C@H](COc2cc(N)c([N+](=O)[O-])cn2)O1. The van der Waals surface area contributed by atoms with Crippen molar-refractivity contribution in [2.24, 2.45) is 0 Å². The molecular weight excluding hydrogens is 254 g/mol. The van der Waals surface area contributed by atoms with Gasteiger partial charge in [-0.1, -0.05) is 0 Å². The molecular formula is C11H15N3O5. The maximum atomic E-state index is 10.6. The first-order valence-corrected chi connectivity index (χ1v) is 5.72. The summed E-state index contributed by atoms with van der Waals surface area (Å²) in [7, 11) is 0. The highest BCUT2D eigenvalue weighted by Gasteiger charge is 2.33. The highest BCUT2D eigenvalue weighted by molar-refractivity contribution is 5.58. The molecule has 0 aromatic carbocycles. The molecule has 0 saturated carbocycles. The summed E-state index contributed by atoms with van der Waals surface area (Å²) in [6, 6.07) is 1.32. The number of anilines is 1. The van der Waals surface area contributed by atoms with E-state index < -0.39 is 10.7 Å². The van der Waals surface area contributed by atoms with Gasteiger partial charge >= 0.3 is 5.69 Å². The Bertz CT molecular complexity index is 491. The number of aromatic nitrogens is 1. The molecule has 8 heteroatoms. The first-order valence-electron chi connectivity index (χ1n) is 5.72. The number of nitrogens with two attached hydrogens (primary N) is 1. The van der Waals surface area contributed by atoms with Gasteiger partial charge in [-0.25, -0.2) is 4.98 Å². The number of nitro groups is 1. The molecule has 1 saturated heterocycles. The van der Waals surface area contributed by atoms with Crippen LogP contribution in [0.15, 0.2) is 12.3 Å². The van der Waals surface area contributed by atoms with E-state index in [0.29, 0.717) is 6.61 Å². The number of ether oxygens (including phenoxy) is 3. The Morgan fingerprint density at radius 3 is 2.95 bits per heavy atom. The summed E-state index contributed by atoms with van der Waals surface area (Å²) < 4.78 is 16.3. The third-order valence-electron chi connectivity index (χ3n) is 2.57. The molecule has 1 atom stereocenters. The summed E-state index contributed by atoms with van der Waals surface area (Å²) in [5, 5.41) is 10.6. The molecule has 2 rings (SSSR count). The standard InChI is InChI=1S/C11H15N3O5/c1-11(2)18-6-7(19-11)5-17-10-3-8(12)9(4-13-10)14(15)16/h3-4,7H,5-6H2,1-2H3,(H2,12,13)/t7-/m0/s1. The van der Waals surface area contributed by atoms with E-state index in [1.165, 1.54) is 6.07 Å². The maximum Gasteiger partial charge on any atom is 0.310 e. The Labute approximate surface area is 109 Å². The number of pyridine rings is 1. The fourth-order valence-electron chi connectivity index (χ4n) is 1.70. The van der Waals surface area contributed by atoms with Gasteiger partial charge in [-0.15, -0.1) is 0 Å². The van der Waals surface area contributed by atoms with Crippen LogP contribution < -0.4 is 10.5 Å². The van der Waals surface area contributed by atoms with Crippen molar-refractivity contribution in [2.45, 2.75) is 25.7 Å². The van der Waals surface area contributed by atoms with Crippen LogP contribution >= 0.6 is 0 Å². The average molecular weight is 269 g/mol. The van der Waals surface area contributed by atoms with Crippen LogP contribution in [-0.2, 0) is 9.47 Å². The van der Waals surface area contributed by atoms with Gasteiger partial charge in [-0.2, -0.15) is 0 Å². The lowest BCUT2D eigenvalue weighted by molar-refractivity contribution is -0.384. The number of hydrogen-bond donors (Lipinski definition) is 1. The second-order valence-electron chi connectivity index (χ2n) is 4.60. The Balaban J connectivity index is 1.94. The molecule has 0 bridgehead atoms. The number of rotatable bonds is 4. The molecule has 2 heterocycles. The van der Waals surface area contributed by atoms with E-state index >= 15 is 0 Å². The number of hydrogen-bond acceptors (Lipinski definition) is 7. The van der Waals surface area contributed by atoms with Crippen molar-refractivity contribution in [1.29, 1.82) is 0 Å². The summed E-state index contributed by atoms with van der Waals surface area (Å²) in [4.78, 5) is 13.8. The number of nitrogen functional groups attached to an aromatic ring is 1. The molecule has 1 aliphatic heterocycles. The minimum absolute atomic E-state index is 0.0129. The van der Waals surface area contributed by atoms with E-state index in [0.717, 1.165) is 6.20 Å². The van der Waals surface area contributed by atoms with Gasteiger partial charge in [0.1, 0.15) is 24.6 Å². The molecule has 1 aliphatic rings. The lowest BCUT2D eigenvalue weighted by atomic mass is 10.3. The molecule has 104 valence electrons. The van der Waals surface area contributed by atoms with Crippen molar-refractivity contribution in [3.63, 3.8) is 0 Å². The van der Waals surface area contributed by atoms with Crippen LogP contribution in [0.5, 0.6) is 5.88 Å². The minimum atomic E-state index is -0.615. The smallest absolute Gasteiger partial charge is 0.310 e. The Morgan fingerprint density at radius 2 is 2.42 bits per heavy atom. The minimum Gasteiger partial charge on any atom is -0.475 e. The molecule has 0 spiro atoms. The van der Waals surface area contributed by atoms with Crippen molar-refractivity contribution < 1.29 is 19.1 Å². The fourth-order valence-corrected chi connectivity index (χ4v) is 1.70. The molecule has 8 nitrogen and oxygen atoms in total. The predicted molar refractivity (Wildman–Crippen MR) is 65.7 cm³/mol. The third kappa shape index (κ3) is 3.30. The zero-order chi connectivity index (χ0) is 14.0. The van der Waals surface area contributed by atoms with Crippen LogP contribution in [0.4, 0.5) is 11.4 Å². The van der Waals surface area contributed by atoms with E-state index in [1.807, 2.05) is 13.8 Å². The van der Waals surface area contributed by atoms with Crippen molar-refractivity contribution >= 4 is 11.4 Å². The van der Waals surface area contributed by atoms with Gasteiger partial charge in [0.2, 0.25) is 5.88 Å².